The third-order valence-corrected chi connectivity index (χ3v) is 7.21. The summed E-state index contributed by atoms with van der Waals surface area (Å²) in [5.74, 6) is -0.0473. The smallest absolute Gasteiger partial charge is 0.240 e. The van der Waals surface area contributed by atoms with Crippen molar-refractivity contribution in [3.8, 4) is 0 Å². The second-order valence-corrected chi connectivity index (χ2v) is 9.29. The highest BCUT2D eigenvalue weighted by Gasteiger charge is 2.63. The van der Waals surface area contributed by atoms with Gasteiger partial charge in [0.25, 0.3) is 0 Å². The predicted octanol–water partition coefficient (Wildman–Crippen LogP) is 4.14. The van der Waals surface area contributed by atoms with Gasteiger partial charge in [0.15, 0.2) is 0 Å². The van der Waals surface area contributed by atoms with Crippen LogP contribution in [0.5, 0.6) is 0 Å². The fourth-order valence-electron chi connectivity index (χ4n) is 4.94. The summed E-state index contributed by atoms with van der Waals surface area (Å²) >= 11 is 0. The van der Waals surface area contributed by atoms with Gasteiger partial charge in [-0.3, -0.25) is 4.79 Å². The van der Waals surface area contributed by atoms with Gasteiger partial charge < -0.3 is 21.1 Å². The molecule has 2 aliphatic carbocycles. The average molecular weight is 460 g/mol. The fraction of sp³-hybridized carbons (Fsp3) is 0.696. The number of hydrogen-bond acceptors (Lipinski definition) is 4. The van der Waals surface area contributed by atoms with E-state index in [2.05, 4.69) is 41.8 Å². The van der Waals surface area contributed by atoms with Crippen LogP contribution in [0.25, 0.3) is 0 Å². The lowest BCUT2D eigenvalue weighted by Gasteiger charge is -2.57. The highest BCUT2D eigenvalue weighted by molar-refractivity contribution is 5.89. The Kier molecular flexibility index (Phi) is 9.65. The Balaban J connectivity index is 0.00000225. The number of hydrogen-bond donors (Lipinski definition) is 3. The first-order valence-electron chi connectivity index (χ1n) is 10.8. The molecule has 1 amide bonds. The van der Waals surface area contributed by atoms with Crippen LogP contribution in [0.4, 0.5) is 0 Å². The zero-order valence-corrected chi connectivity index (χ0v) is 20.3. The van der Waals surface area contributed by atoms with Crippen molar-refractivity contribution in [2.24, 2.45) is 11.1 Å². The maximum absolute atomic E-state index is 13.0. The molecule has 3 unspecified atom stereocenters. The van der Waals surface area contributed by atoms with Gasteiger partial charge in [0.05, 0.1) is 6.10 Å². The molecule has 5 nitrogen and oxygen atoms in total. The lowest BCUT2D eigenvalue weighted by Crippen LogP contribution is -2.76. The van der Waals surface area contributed by atoms with E-state index in [1.165, 1.54) is 18.4 Å². The quantitative estimate of drug-likeness (QED) is 0.545. The van der Waals surface area contributed by atoms with Crippen LogP contribution < -0.4 is 16.4 Å². The minimum absolute atomic E-state index is 0. The van der Waals surface area contributed by atoms with Gasteiger partial charge in [-0.05, 0) is 32.3 Å². The van der Waals surface area contributed by atoms with E-state index in [9.17, 15) is 4.79 Å². The molecule has 172 valence electrons. The summed E-state index contributed by atoms with van der Waals surface area (Å²) in [6.45, 7) is 9.53. The summed E-state index contributed by atoms with van der Waals surface area (Å²) in [7, 11) is 0. The molecule has 0 radical (unpaired) electrons. The van der Waals surface area contributed by atoms with Gasteiger partial charge in [-0.1, -0.05) is 57.0 Å². The lowest BCUT2D eigenvalue weighted by molar-refractivity contribution is -0.170. The van der Waals surface area contributed by atoms with E-state index in [4.69, 9.17) is 10.5 Å². The second kappa shape index (κ2) is 10.6. The van der Waals surface area contributed by atoms with Crippen molar-refractivity contribution < 1.29 is 9.53 Å². The monoisotopic (exact) mass is 459 g/mol. The highest BCUT2D eigenvalue weighted by Crippen LogP contribution is 2.50. The molecule has 0 saturated heterocycles. The maximum atomic E-state index is 13.0. The predicted molar refractivity (Wildman–Crippen MR) is 127 cm³/mol. The van der Waals surface area contributed by atoms with Crippen molar-refractivity contribution in [3.05, 3.63) is 35.9 Å². The largest absolute Gasteiger partial charge is 0.378 e. The van der Waals surface area contributed by atoms with E-state index in [1.54, 1.807) is 0 Å². The molecular formula is C23H39Cl2N3O2. The maximum Gasteiger partial charge on any atom is 0.240 e. The Morgan fingerprint density at radius 1 is 1.20 bits per heavy atom. The summed E-state index contributed by atoms with van der Waals surface area (Å²) in [5.41, 5.74) is 6.54. The molecule has 3 atom stereocenters. The number of carbonyl (C=O) groups excluding carboxylic acids is 1. The molecule has 2 saturated carbocycles. The van der Waals surface area contributed by atoms with Crippen LogP contribution in [0, 0.1) is 5.41 Å². The van der Waals surface area contributed by atoms with Crippen LogP contribution in [0.3, 0.4) is 0 Å². The van der Waals surface area contributed by atoms with Gasteiger partial charge >= 0.3 is 0 Å². The minimum Gasteiger partial charge on any atom is -0.378 e. The minimum atomic E-state index is -0.863. The summed E-state index contributed by atoms with van der Waals surface area (Å²) < 4.78 is 5.77. The first kappa shape index (κ1) is 27.2. The number of nitrogens with one attached hydrogen (secondary N) is 2. The van der Waals surface area contributed by atoms with Crippen molar-refractivity contribution in [2.75, 3.05) is 13.2 Å². The number of rotatable bonds is 8. The summed E-state index contributed by atoms with van der Waals surface area (Å²) in [4.78, 5) is 13.0. The fourth-order valence-corrected chi connectivity index (χ4v) is 4.94. The number of nitrogens with two attached hydrogens (primary N) is 1. The van der Waals surface area contributed by atoms with E-state index < -0.39 is 5.54 Å². The first-order chi connectivity index (χ1) is 13.2. The van der Waals surface area contributed by atoms with Crippen molar-refractivity contribution in [1.29, 1.82) is 0 Å². The van der Waals surface area contributed by atoms with E-state index in [1.807, 2.05) is 26.8 Å². The molecule has 0 spiro atoms. The molecule has 0 heterocycles. The number of amides is 1. The van der Waals surface area contributed by atoms with Gasteiger partial charge in [-0.15, -0.1) is 24.8 Å². The molecule has 0 aromatic heterocycles. The highest BCUT2D eigenvalue weighted by atomic mass is 35.5. The first-order valence-corrected chi connectivity index (χ1v) is 10.8. The van der Waals surface area contributed by atoms with Crippen molar-refractivity contribution in [2.45, 2.75) is 83.0 Å². The Morgan fingerprint density at radius 2 is 1.80 bits per heavy atom. The van der Waals surface area contributed by atoms with Gasteiger partial charge in [0.1, 0.15) is 5.54 Å². The van der Waals surface area contributed by atoms with Crippen molar-refractivity contribution >= 4 is 30.7 Å². The van der Waals surface area contributed by atoms with Crippen molar-refractivity contribution in [3.63, 3.8) is 0 Å². The van der Waals surface area contributed by atoms with Crippen molar-refractivity contribution in [1.82, 2.24) is 10.6 Å². The van der Waals surface area contributed by atoms with E-state index in [-0.39, 0.29) is 53.8 Å². The van der Waals surface area contributed by atoms with Gasteiger partial charge in [-0.2, -0.15) is 0 Å². The summed E-state index contributed by atoms with van der Waals surface area (Å²) in [6, 6.07) is 10.7. The average Bonchev–Trinajstić information content (AvgIpc) is 3.15. The van der Waals surface area contributed by atoms with Crippen LogP contribution in [-0.2, 0) is 9.53 Å². The van der Waals surface area contributed by atoms with Crippen LogP contribution in [-0.4, -0.2) is 36.2 Å². The third-order valence-electron chi connectivity index (χ3n) is 7.21. The summed E-state index contributed by atoms with van der Waals surface area (Å²) in [6.07, 6.45) is 5.16. The van der Waals surface area contributed by atoms with Crippen LogP contribution in [0.1, 0.15) is 71.4 Å². The second-order valence-electron chi connectivity index (χ2n) is 9.29. The molecule has 30 heavy (non-hydrogen) atoms. The van der Waals surface area contributed by atoms with E-state index in [0.29, 0.717) is 19.6 Å². The number of carbonyl (C=O) groups is 1. The van der Waals surface area contributed by atoms with Gasteiger partial charge in [0, 0.05) is 36.6 Å². The normalized spacial score (nSPS) is 27.2. The molecule has 0 aliphatic heterocycles. The molecule has 1 aromatic carbocycles. The summed E-state index contributed by atoms with van der Waals surface area (Å²) in [5, 5.41) is 7.02. The number of halogens is 2. The SMILES string of the molecule is CCOC1CC(N)(C(=O)NCC2(NC(C)c3ccccc3)CCCC2)C1(C)C.Cl.Cl. The van der Waals surface area contributed by atoms with Crippen LogP contribution >= 0.6 is 24.8 Å². The zero-order valence-electron chi connectivity index (χ0n) is 18.7. The molecule has 2 aliphatic rings. The Morgan fingerprint density at radius 3 is 2.33 bits per heavy atom. The van der Waals surface area contributed by atoms with E-state index >= 15 is 0 Å². The lowest BCUT2D eigenvalue weighted by atomic mass is 9.54. The number of benzene rings is 1. The van der Waals surface area contributed by atoms with Gasteiger partial charge in [0.2, 0.25) is 5.91 Å². The zero-order chi connectivity index (χ0) is 20.4. The van der Waals surface area contributed by atoms with Gasteiger partial charge in [-0.25, -0.2) is 0 Å². The third kappa shape index (κ3) is 5.13. The molecule has 4 N–H and O–H groups in total. The van der Waals surface area contributed by atoms with E-state index in [0.717, 1.165) is 12.8 Å². The Labute approximate surface area is 194 Å². The molecule has 1 aromatic rings. The molecular weight excluding hydrogens is 421 g/mol. The number of ether oxygens (including phenoxy) is 1. The van der Waals surface area contributed by atoms with Crippen LogP contribution in [0.15, 0.2) is 30.3 Å². The molecule has 2 fully saturated rings. The molecule has 7 heteroatoms. The molecule has 0 bridgehead atoms. The molecule has 3 rings (SSSR count). The standard InChI is InChI=1S/C23H37N3O2.2ClH/c1-5-28-19-15-23(24,21(19,3)4)20(27)25-16-22(13-9-10-14-22)26-17(2)18-11-7-6-8-12-18;;/h6-8,11-12,17,19,26H,5,9-10,13-16,24H2,1-4H3,(H,25,27);2*1H. The Hall–Kier alpha value is -0.850. The topological polar surface area (TPSA) is 76.4 Å². The van der Waals surface area contributed by atoms with Crippen LogP contribution in [0.2, 0.25) is 0 Å². The Bertz CT molecular complexity index is 680.